The Balaban J connectivity index is 0.879. The second-order valence-electron chi connectivity index (χ2n) is 33.4. The normalized spacial score (nSPS) is 36.5. The lowest BCUT2D eigenvalue weighted by Gasteiger charge is -2.50. The van der Waals surface area contributed by atoms with Crippen molar-refractivity contribution >= 4 is 58.8 Å². The molecule has 0 radical (unpaired) electrons. The van der Waals surface area contributed by atoms with Crippen LogP contribution in [-0.4, -0.2) is 475 Å². The van der Waals surface area contributed by atoms with E-state index in [1.165, 1.54) is 14.0 Å². The van der Waals surface area contributed by atoms with Crippen molar-refractivity contribution in [2.45, 2.75) is 299 Å². The average molecular weight is 2020 g/mol. The summed E-state index contributed by atoms with van der Waals surface area (Å²) in [5.74, 6) is -9.05. The number of hydrogen-bond acceptors (Lipinski definition) is 50. The van der Waals surface area contributed by atoms with Crippen molar-refractivity contribution in [2.75, 3.05) is 103 Å². The van der Waals surface area contributed by atoms with Gasteiger partial charge in [-0.1, -0.05) is 12.8 Å². The van der Waals surface area contributed by atoms with Gasteiger partial charge in [-0.2, -0.15) is 32.3 Å². The molecule has 2 amide bonds. The van der Waals surface area contributed by atoms with Crippen LogP contribution in [0.5, 0.6) is 0 Å². The molecule has 23 rings (SSSR count). The molecule has 21 aliphatic heterocycles. The van der Waals surface area contributed by atoms with Crippen molar-refractivity contribution < 1.29 is 220 Å². The molecule has 21 saturated heterocycles. The Labute approximate surface area is 784 Å². The van der Waals surface area contributed by atoms with Gasteiger partial charge in [-0.25, -0.2) is 9.59 Å². The maximum atomic E-state index is 14.2. The molecule has 14 bridgehead atoms. The Morgan fingerprint density at radius 1 is 0.401 bits per heavy atom. The quantitative estimate of drug-likeness (QED) is 0.0217. The molecule has 21 aliphatic rings. The molecule has 0 spiro atoms. The average Bonchev–Trinajstić information content (AvgIpc) is 0.807. The van der Waals surface area contributed by atoms with E-state index in [9.17, 15) is 154 Å². The second kappa shape index (κ2) is 53.9. The molecule has 0 aromatic carbocycles. The highest BCUT2D eigenvalue weighted by Crippen LogP contribution is 2.41. The van der Waals surface area contributed by atoms with Gasteiger partial charge in [0, 0.05) is 55.4 Å². The molecule has 0 aliphatic carbocycles. The van der Waals surface area contributed by atoms with E-state index < -0.39 is 362 Å². The summed E-state index contributed by atoms with van der Waals surface area (Å²) in [4.78, 5) is 128. The minimum atomic E-state index is -2.39. The molecular weight excluding hydrogens is 1900 g/mol. The van der Waals surface area contributed by atoms with Crippen LogP contribution in [0, 0.1) is 17.6 Å². The summed E-state index contributed by atoms with van der Waals surface area (Å²) in [5, 5.41) is 230. The van der Waals surface area contributed by atoms with Crippen LogP contribution in [0.15, 0.2) is 31.6 Å². The topological polar surface area (TPSA) is 799 Å². The maximum absolute atomic E-state index is 14.2. The number of esters is 2. The molecule has 58 heteroatoms. The third kappa shape index (κ3) is 29.7. The number of H-pyrrole nitrogens is 2. The van der Waals surface area contributed by atoms with Crippen molar-refractivity contribution in [1.29, 1.82) is 0 Å². The number of aliphatic hydroxyl groups excluding tert-OH is 19. The first kappa shape index (κ1) is 113. The van der Waals surface area contributed by atoms with Gasteiger partial charge in [0.2, 0.25) is 23.4 Å². The number of carbonyl (C=O) groups excluding carboxylic acids is 6. The SMILES string of the molecule is CN[C@H](CSCC1O[C@H]2O[C@@H]3C(CO)O[C@H](O[C@@H]4C(CO)O[C@H](O[C@@H]5C(CO)O[C@H](O[C@@H]6C(CSCC(CC(=O)COCCOCC(C)=O)C(=O)NCCCCCC(=O)OCn7cc(F)c(=O)[nH]c7=O)O[C@H](O[C@@H]7C(CO)O[C@@H](O[C@@H]8C(CO)O[C@@H](O[C@H]1[C@H](O)C2O)C(O)[C@H]8O)C(O)[C@H]7O)C(O)[C@H]6O)C(O)[C@H]5O)C(O)[C@H]4O)C(O)[C@H]3O)C(=O)NCCCCCC(=O)OCn1cc(F)c(=O)[nH]c1=O. The van der Waals surface area contributed by atoms with Crippen molar-refractivity contribution in [1.82, 2.24) is 35.1 Å². The lowest BCUT2D eigenvalue weighted by Crippen LogP contribution is -2.68. The van der Waals surface area contributed by atoms with Gasteiger partial charge >= 0.3 is 23.3 Å². The van der Waals surface area contributed by atoms with Gasteiger partial charge in [-0.3, -0.25) is 57.5 Å². The molecule has 137 heavy (non-hydrogen) atoms. The fourth-order valence-electron chi connectivity index (χ4n) is 15.8. The molecule has 780 valence electrons. The van der Waals surface area contributed by atoms with E-state index in [2.05, 4.69) is 16.0 Å². The van der Waals surface area contributed by atoms with Gasteiger partial charge in [0.1, 0.15) is 172 Å². The van der Waals surface area contributed by atoms with Gasteiger partial charge in [0.05, 0.1) is 82.8 Å². The summed E-state index contributed by atoms with van der Waals surface area (Å²) in [6, 6.07) is -1.02. The number of carbonyl (C=O) groups is 6. The molecule has 15 unspecified atom stereocenters. The number of ketones is 2. The summed E-state index contributed by atoms with van der Waals surface area (Å²) in [5.41, 5.74) is -4.61. The van der Waals surface area contributed by atoms with Crippen LogP contribution < -0.4 is 38.4 Å². The monoisotopic (exact) mass is 2020 g/mol. The van der Waals surface area contributed by atoms with E-state index in [1.807, 2.05) is 0 Å². The number of nitrogens with one attached hydrogen (secondary N) is 5. The van der Waals surface area contributed by atoms with Crippen LogP contribution in [0.2, 0.25) is 0 Å². The van der Waals surface area contributed by atoms with Gasteiger partial charge in [-0.15, -0.1) is 0 Å². The highest BCUT2D eigenvalue weighted by molar-refractivity contribution is 7.99. The van der Waals surface area contributed by atoms with E-state index in [-0.39, 0.29) is 88.7 Å². The number of aromatic nitrogens is 4. The number of halogens is 2. The Bertz CT molecular complexity index is 4400. The fraction of sp³-hybridized carbons (Fsp3) is 0.823. The largest absolute Gasteiger partial charge is 0.444 e. The Hall–Kier alpha value is -6.30. The Morgan fingerprint density at radius 3 is 1.00 bits per heavy atom. The highest BCUT2D eigenvalue weighted by atomic mass is 32.2. The number of amides is 2. The number of aliphatic hydroxyl groups is 19. The smallest absolute Gasteiger partial charge is 0.331 e. The van der Waals surface area contributed by atoms with Crippen LogP contribution in [0.3, 0.4) is 0 Å². The Kier molecular flexibility index (Phi) is 44.3. The lowest BCUT2D eigenvalue weighted by atomic mass is 9.95. The number of aromatic amines is 2. The van der Waals surface area contributed by atoms with Crippen LogP contribution in [0.4, 0.5) is 8.78 Å². The van der Waals surface area contributed by atoms with E-state index >= 15 is 0 Å². The Morgan fingerprint density at radius 2 is 0.693 bits per heavy atom. The first-order valence-electron chi connectivity index (χ1n) is 43.9. The molecule has 24 N–H and O–H groups in total. The molecule has 21 fully saturated rings. The molecule has 0 saturated carbocycles. The van der Waals surface area contributed by atoms with Crippen molar-refractivity contribution in [3.63, 3.8) is 0 Å². The van der Waals surface area contributed by atoms with Gasteiger partial charge in [-0.05, 0) is 39.7 Å². The van der Waals surface area contributed by atoms with E-state index in [0.29, 0.717) is 34.4 Å². The number of hydrogen-bond donors (Lipinski definition) is 24. The summed E-state index contributed by atoms with van der Waals surface area (Å²) >= 11 is 1.74. The first-order valence-corrected chi connectivity index (χ1v) is 46.2. The second-order valence-corrected chi connectivity index (χ2v) is 35.5. The zero-order valence-corrected chi connectivity index (χ0v) is 75.4. The summed E-state index contributed by atoms with van der Waals surface area (Å²) < 4.78 is 133. The summed E-state index contributed by atoms with van der Waals surface area (Å²) in [6.45, 7) is -7.03. The number of rotatable bonds is 41. The van der Waals surface area contributed by atoms with Gasteiger partial charge in [0.25, 0.3) is 11.1 Å². The van der Waals surface area contributed by atoms with Crippen molar-refractivity contribution in [2.24, 2.45) is 5.92 Å². The number of thioether (sulfide) groups is 2. The van der Waals surface area contributed by atoms with E-state index in [0.717, 1.165) is 23.5 Å². The molecule has 2 aromatic rings. The van der Waals surface area contributed by atoms with Crippen LogP contribution in [0.1, 0.15) is 64.7 Å². The van der Waals surface area contributed by atoms with E-state index in [4.69, 9.17) is 85.3 Å². The maximum Gasteiger partial charge on any atom is 0.331 e. The zero-order valence-electron chi connectivity index (χ0n) is 73.8. The minimum Gasteiger partial charge on any atom is -0.444 e. The van der Waals surface area contributed by atoms with Crippen LogP contribution in [-0.2, 0) is 127 Å². The lowest BCUT2D eigenvalue weighted by molar-refractivity contribution is -0.395. The van der Waals surface area contributed by atoms with Crippen molar-refractivity contribution in [3.05, 3.63) is 65.7 Å². The fourth-order valence-corrected chi connectivity index (χ4v) is 18.2. The molecule has 37 atom stereocenters. The summed E-state index contributed by atoms with van der Waals surface area (Å²) in [6.07, 6.45) is -73.2. The predicted molar refractivity (Wildman–Crippen MR) is 445 cm³/mol. The minimum absolute atomic E-state index is 0.0590. The number of Topliss-reactive ketones (excluding diaryl/α,β-unsaturated/α-hetero) is 2. The zero-order chi connectivity index (χ0) is 99.9. The molecule has 23 heterocycles. The van der Waals surface area contributed by atoms with Gasteiger partial charge < -0.3 is 198 Å². The third-order valence-electron chi connectivity index (χ3n) is 23.4. The standard InChI is InChI=1S/C79H121F2N7O47S2/c1-31(94)23-118-13-14-119-24-33(95)15-32(67(112)83-11-7-3-5-9-44(96)120-29-87-16-34(80)68(113)85-78(87)116)25-136-27-42-65-51(103)58(110)76(127-42)132-63-40(21-92)123-73(54(106)47(63)99)131-62-39(20-91)126-75(57(109)50(62)102)135-66-43(28-137-26-36(82-2)70(115)84-12-8-4-6-10-45(97)121-30-88-17-35(81)69(114)86-79(88)117)128-77(59(111)52(66)104)133-64-41(22-93)124-72(55(107)48(64)100)129-60-37(18-89)122-71(53(105)46(60)98)130-61-38(19-90)125-74(134-65)56(108)49(61)101/h16-17,32,36-43,46-66,71-77,82,89-93,98-111H,3-15,18-30H2,1-2H3,(H,83,112)(H,84,115)(H,85,113,116)(H,86,114,117)/t32?,36-,37?,38?,39?,40?,41?,42?,43?,46-,47-,48-,49-,50-,51-,52-,53?,54?,55?,56?,57?,58?,59?,60-,61-,62-,63-,64-,65-,66-,71-,72-,73+,74-,75+,76-,77+/m1/s1. The van der Waals surface area contributed by atoms with Gasteiger partial charge in [0.15, 0.2) is 69.1 Å². The third-order valence-corrected chi connectivity index (χ3v) is 25.8. The van der Waals surface area contributed by atoms with Crippen molar-refractivity contribution in [3.8, 4) is 0 Å². The van der Waals surface area contributed by atoms with Crippen LogP contribution >= 0.6 is 23.5 Å². The van der Waals surface area contributed by atoms with E-state index in [1.54, 1.807) is 9.97 Å². The number of ether oxygens (including phenoxy) is 18. The molecular formula is C79H121F2N7O47S2. The predicted octanol–water partition coefficient (Wildman–Crippen LogP) is -14.2. The number of nitrogens with zero attached hydrogens (tertiary/aromatic N) is 2. The summed E-state index contributed by atoms with van der Waals surface area (Å²) in [7, 11) is 1.43. The highest BCUT2D eigenvalue weighted by Gasteiger charge is 2.60. The van der Waals surface area contributed by atoms with Crippen LogP contribution in [0.25, 0.3) is 0 Å². The molecule has 54 nitrogen and oxygen atoms in total. The first-order chi connectivity index (χ1) is 65.3. The number of likely N-dealkylation sites (N-methyl/N-ethyl adjacent to an activating group) is 1. The number of unbranched alkanes of at least 4 members (excludes halogenated alkanes) is 4. The molecule has 2 aromatic heterocycles.